The number of nitrogens with two attached hydrogens (primary N) is 1. The summed E-state index contributed by atoms with van der Waals surface area (Å²) in [6.45, 7) is 0. The van der Waals surface area contributed by atoms with E-state index in [1.54, 1.807) is 0 Å². The molecule has 0 bridgehead atoms. The van der Waals surface area contributed by atoms with Crippen LogP contribution in [0.2, 0.25) is 0 Å². The molecule has 222 valence electrons. The smallest absolute Gasteiger partial charge is 0.326 e. The second-order valence-electron chi connectivity index (χ2n) is 9.98. The van der Waals surface area contributed by atoms with E-state index in [9.17, 15) is 24.3 Å². The number of hydrogen-bond donors (Lipinski definition) is 5. The lowest BCUT2D eigenvalue weighted by molar-refractivity contribution is -0.142. The van der Waals surface area contributed by atoms with Crippen molar-refractivity contribution < 1.29 is 24.3 Å². The van der Waals surface area contributed by atoms with E-state index in [0.29, 0.717) is 5.75 Å². The number of thioether (sulfide) groups is 1. The molecule has 4 atom stereocenters. The van der Waals surface area contributed by atoms with Gasteiger partial charge in [-0.15, -0.1) is 0 Å². The van der Waals surface area contributed by atoms with Crippen molar-refractivity contribution in [3.05, 3.63) is 108 Å². The van der Waals surface area contributed by atoms with Crippen molar-refractivity contribution in [2.45, 2.75) is 49.9 Å². The monoisotopic (exact) mass is 590 g/mol. The molecule has 42 heavy (non-hydrogen) atoms. The zero-order valence-electron chi connectivity index (χ0n) is 23.6. The number of hydrogen-bond acceptors (Lipinski definition) is 6. The predicted octanol–water partition coefficient (Wildman–Crippen LogP) is 2.33. The molecule has 3 amide bonds. The molecule has 0 saturated carbocycles. The molecule has 0 aliphatic carbocycles. The van der Waals surface area contributed by atoms with Gasteiger partial charge in [0.15, 0.2) is 0 Å². The lowest BCUT2D eigenvalue weighted by atomic mass is 10.0. The maximum absolute atomic E-state index is 13.7. The highest BCUT2D eigenvalue weighted by atomic mass is 32.2. The van der Waals surface area contributed by atoms with Gasteiger partial charge >= 0.3 is 5.97 Å². The number of benzene rings is 3. The minimum Gasteiger partial charge on any atom is -0.480 e. The van der Waals surface area contributed by atoms with Gasteiger partial charge < -0.3 is 26.8 Å². The molecule has 10 heteroatoms. The second-order valence-corrected chi connectivity index (χ2v) is 11.0. The van der Waals surface area contributed by atoms with Crippen molar-refractivity contribution in [1.29, 1.82) is 0 Å². The van der Waals surface area contributed by atoms with E-state index in [2.05, 4.69) is 16.0 Å². The summed E-state index contributed by atoms with van der Waals surface area (Å²) in [7, 11) is 0. The van der Waals surface area contributed by atoms with Crippen molar-refractivity contribution in [3.8, 4) is 0 Å². The van der Waals surface area contributed by atoms with Crippen molar-refractivity contribution in [1.82, 2.24) is 16.0 Å². The van der Waals surface area contributed by atoms with Crippen LogP contribution in [0.3, 0.4) is 0 Å². The molecule has 6 N–H and O–H groups in total. The molecule has 0 spiro atoms. The zero-order valence-corrected chi connectivity index (χ0v) is 24.4. The van der Waals surface area contributed by atoms with Crippen LogP contribution < -0.4 is 21.7 Å². The van der Waals surface area contributed by atoms with Gasteiger partial charge in [-0.3, -0.25) is 14.4 Å². The van der Waals surface area contributed by atoms with Gasteiger partial charge in [0.1, 0.15) is 18.1 Å². The maximum Gasteiger partial charge on any atom is 0.326 e. The van der Waals surface area contributed by atoms with Crippen LogP contribution in [-0.4, -0.2) is 65.0 Å². The van der Waals surface area contributed by atoms with Crippen LogP contribution in [0.15, 0.2) is 91.0 Å². The predicted molar refractivity (Wildman–Crippen MR) is 165 cm³/mol. The number of carbonyl (C=O) groups is 4. The van der Waals surface area contributed by atoms with Crippen LogP contribution in [0.5, 0.6) is 0 Å². The lowest BCUT2D eigenvalue weighted by Crippen LogP contribution is -2.58. The number of carbonyl (C=O) groups excluding carboxylic acids is 3. The van der Waals surface area contributed by atoms with Gasteiger partial charge in [0.2, 0.25) is 17.7 Å². The Morgan fingerprint density at radius 2 is 1.02 bits per heavy atom. The molecule has 0 aliphatic heterocycles. The molecule has 0 aromatic heterocycles. The first kappa shape index (κ1) is 32.4. The van der Waals surface area contributed by atoms with Crippen LogP contribution in [-0.2, 0) is 38.4 Å². The number of carboxylic acids is 1. The normalized spacial score (nSPS) is 13.7. The Labute approximate surface area is 250 Å². The number of nitrogens with one attached hydrogen (secondary N) is 3. The molecule has 0 aliphatic rings. The minimum absolute atomic E-state index is 0.132. The largest absolute Gasteiger partial charge is 0.480 e. The first-order valence-corrected chi connectivity index (χ1v) is 15.2. The topological polar surface area (TPSA) is 151 Å². The standard InChI is InChI=1S/C32H38N4O5S/c1-42-18-17-26(32(40)41)34-30(38)28(21-24-15-9-4-10-16-24)36-31(39)27(20-23-13-7-3-8-14-23)35-29(37)25(33)19-22-11-5-2-6-12-22/h2-16,25-28H,17-21,33H2,1H3,(H,34,38)(H,35,37)(H,36,39)(H,40,41)/t25-,26-,27-,28-/m0/s1. The van der Waals surface area contributed by atoms with Crippen LogP contribution >= 0.6 is 11.8 Å². The van der Waals surface area contributed by atoms with E-state index in [4.69, 9.17) is 5.73 Å². The summed E-state index contributed by atoms with van der Waals surface area (Å²) in [4.78, 5) is 52.0. The van der Waals surface area contributed by atoms with E-state index < -0.39 is 47.9 Å². The van der Waals surface area contributed by atoms with Gasteiger partial charge in [0.25, 0.3) is 0 Å². The summed E-state index contributed by atoms with van der Waals surface area (Å²) in [6, 6.07) is 23.5. The summed E-state index contributed by atoms with van der Waals surface area (Å²) in [5, 5.41) is 17.8. The fourth-order valence-electron chi connectivity index (χ4n) is 4.40. The molecular weight excluding hydrogens is 552 g/mol. The van der Waals surface area contributed by atoms with Gasteiger partial charge in [-0.2, -0.15) is 11.8 Å². The Bertz CT molecular complexity index is 1290. The Balaban J connectivity index is 1.81. The van der Waals surface area contributed by atoms with Crippen molar-refractivity contribution >= 4 is 35.5 Å². The molecule has 3 rings (SSSR count). The summed E-state index contributed by atoms with van der Waals surface area (Å²) >= 11 is 1.47. The first-order valence-electron chi connectivity index (χ1n) is 13.8. The minimum atomic E-state index is -1.15. The van der Waals surface area contributed by atoms with E-state index in [1.807, 2.05) is 97.3 Å². The van der Waals surface area contributed by atoms with Gasteiger partial charge in [0.05, 0.1) is 6.04 Å². The molecule has 3 aromatic rings. The molecular formula is C32H38N4O5S. The Kier molecular flexibility index (Phi) is 13.1. The zero-order chi connectivity index (χ0) is 30.3. The quantitative estimate of drug-likeness (QED) is 0.172. The van der Waals surface area contributed by atoms with Crippen LogP contribution in [0, 0.1) is 0 Å². The van der Waals surface area contributed by atoms with Gasteiger partial charge in [-0.1, -0.05) is 91.0 Å². The number of carboxylic acid groups (broad SMARTS) is 1. The third-order valence-corrected chi connectivity index (χ3v) is 7.34. The SMILES string of the molecule is CSCC[C@H](NC(=O)[C@H](Cc1ccccc1)NC(=O)[C@H](Cc1ccccc1)NC(=O)[C@@H](N)Cc1ccccc1)C(=O)O. The van der Waals surface area contributed by atoms with E-state index in [1.165, 1.54) is 11.8 Å². The summed E-state index contributed by atoms with van der Waals surface area (Å²) < 4.78 is 0. The van der Waals surface area contributed by atoms with Crippen molar-refractivity contribution in [3.63, 3.8) is 0 Å². The second kappa shape index (κ2) is 17.0. The van der Waals surface area contributed by atoms with E-state index in [0.717, 1.165) is 16.7 Å². The highest BCUT2D eigenvalue weighted by Gasteiger charge is 2.30. The first-order chi connectivity index (χ1) is 20.3. The average molecular weight is 591 g/mol. The van der Waals surface area contributed by atoms with Gasteiger partial charge in [0, 0.05) is 12.8 Å². The van der Waals surface area contributed by atoms with Crippen LogP contribution in [0.4, 0.5) is 0 Å². The Morgan fingerprint density at radius 3 is 1.43 bits per heavy atom. The van der Waals surface area contributed by atoms with Gasteiger partial charge in [-0.25, -0.2) is 4.79 Å². The molecule has 3 aromatic carbocycles. The van der Waals surface area contributed by atoms with Gasteiger partial charge in [-0.05, 0) is 41.5 Å². The average Bonchev–Trinajstić information content (AvgIpc) is 2.99. The Morgan fingerprint density at radius 1 is 0.643 bits per heavy atom. The summed E-state index contributed by atoms with van der Waals surface area (Å²) in [5.74, 6) is -2.30. The fraction of sp³-hybridized carbons (Fsp3) is 0.312. The third kappa shape index (κ3) is 10.7. The van der Waals surface area contributed by atoms with Crippen molar-refractivity contribution in [2.24, 2.45) is 5.73 Å². The molecule has 0 radical (unpaired) electrons. The van der Waals surface area contributed by atoms with Crippen LogP contribution in [0.1, 0.15) is 23.1 Å². The molecule has 0 saturated heterocycles. The summed E-state index contributed by atoms with van der Waals surface area (Å²) in [5.41, 5.74) is 8.68. The van der Waals surface area contributed by atoms with E-state index in [-0.39, 0.29) is 25.7 Å². The number of aliphatic carboxylic acids is 1. The molecule has 0 heterocycles. The number of amides is 3. The highest BCUT2D eigenvalue weighted by Crippen LogP contribution is 2.09. The van der Waals surface area contributed by atoms with Crippen LogP contribution in [0.25, 0.3) is 0 Å². The van der Waals surface area contributed by atoms with E-state index >= 15 is 0 Å². The molecule has 0 fully saturated rings. The lowest BCUT2D eigenvalue weighted by Gasteiger charge is -2.25. The maximum atomic E-state index is 13.7. The fourth-order valence-corrected chi connectivity index (χ4v) is 4.87. The third-order valence-electron chi connectivity index (χ3n) is 6.69. The highest BCUT2D eigenvalue weighted by molar-refractivity contribution is 7.98. The molecule has 0 unspecified atom stereocenters. The summed E-state index contributed by atoms with van der Waals surface area (Å²) in [6.07, 6.45) is 2.68. The Hall–Kier alpha value is -4.15. The number of rotatable bonds is 16. The molecule has 9 nitrogen and oxygen atoms in total. The van der Waals surface area contributed by atoms with Crippen molar-refractivity contribution in [2.75, 3.05) is 12.0 Å².